The molecule has 3 rings (SSSR count). The lowest BCUT2D eigenvalue weighted by Gasteiger charge is -2.29. The molecule has 2 aliphatic rings. The molecule has 17 heavy (non-hydrogen) atoms. The maximum atomic E-state index is 9.96. The molecule has 0 spiro atoms. The van der Waals surface area contributed by atoms with Crippen LogP contribution in [0.1, 0.15) is 24.3 Å². The van der Waals surface area contributed by atoms with Gasteiger partial charge in [-0.3, -0.25) is 0 Å². The fourth-order valence-corrected chi connectivity index (χ4v) is 2.80. The number of aliphatic hydroxyl groups is 1. The van der Waals surface area contributed by atoms with Gasteiger partial charge in [0.25, 0.3) is 0 Å². The summed E-state index contributed by atoms with van der Waals surface area (Å²) >= 11 is 0. The van der Waals surface area contributed by atoms with Crippen LogP contribution in [0.3, 0.4) is 0 Å². The number of ether oxygens (including phenoxy) is 2. The Morgan fingerprint density at radius 1 is 1.24 bits per heavy atom. The maximum Gasteiger partial charge on any atom is 0.122 e. The predicted molar refractivity (Wildman–Crippen MR) is 64.2 cm³/mol. The second-order valence-electron chi connectivity index (χ2n) is 4.97. The van der Waals surface area contributed by atoms with Crippen molar-refractivity contribution < 1.29 is 14.6 Å². The van der Waals surface area contributed by atoms with Crippen LogP contribution in [0.4, 0.5) is 0 Å². The Labute approximate surface area is 101 Å². The minimum Gasteiger partial charge on any atom is -0.493 e. The van der Waals surface area contributed by atoms with Crippen molar-refractivity contribution in [1.82, 2.24) is 0 Å². The minimum absolute atomic E-state index is 0.212. The Balaban J connectivity index is 1.70. The minimum atomic E-state index is -0.212. The summed E-state index contributed by atoms with van der Waals surface area (Å²) < 4.78 is 11.1. The van der Waals surface area contributed by atoms with Crippen molar-refractivity contribution in [3.63, 3.8) is 0 Å². The average molecular weight is 234 g/mol. The number of rotatable bonds is 2. The van der Waals surface area contributed by atoms with Crippen molar-refractivity contribution in [2.24, 2.45) is 5.92 Å². The molecule has 1 fully saturated rings. The molecule has 1 N–H and O–H groups in total. The molecule has 0 amide bonds. The van der Waals surface area contributed by atoms with Crippen LogP contribution < -0.4 is 4.74 Å². The third-order valence-corrected chi connectivity index (χ3v) is 3.82. The Kier molecular flexibility index (Phi) is 3.04. The van der Waals surface area contributed by atoms with E-state index in [1.54, 1.807) is 0 Å². The van der Waals surface area contributed by atoms with Crippen LogP contribution in [-0.4, -0.2) is 31.0 Å². The Bertz CT molecular complexity index is 391. The van der Waals surface area contributed by atoms with E-state index in [2.05, 4.69) is 6.07 Å². The van der Waals surface area contributed by atoms with Gasteiger partial charge in [-0.2, -0.15) is 0 Å². The van der Waals surface area contributed by atoms with Crippen LogP contribution in [0.25, 0.3) is 0 Å². The fourth-order valence-electron chi connectivity index (χ4n) is 2.80. The lowest BCUT2D eigenvalue weighted by atomic mass is 9.86. The largest absolute Gasteiger partial charge is 0.493 e. The van der Waals surface area contributed by atoms with E-state index in [9.17, 15) is 5.11 Å². The molecule has 1 saturated heterocycles. The van der Waals surface area contributed by atoms with Crippen molar-refractivity contribution >= 4 is 0 Å². The van der Waals surface area contributed by atoms with Crippen molar-refractivity contribution in [2.75, 3.05) is 19.8 Å². The van der Waals surface area contributed by atoms with Gasteiger partial charge >= 0.3 is 0 Å². The molecule has 2 aliphatic heterocycles. The Morgan fingerprint density at radius 2 is 2.12 bits per heavy atom. The van der Waals surface area contributed by atoms with Crippen LogP contribution in [-0.2, 0) is 4.74 Å². The molecule has 0 saturated carbocycles. The van der Waals surface area contributed by atoms with Gasteiger partial charge in [0, 0.05) is 24.0 Å². The predicted octanol–water partition coefficient (Wildman–Crippen LogP) is 1.95. The number of hydrogen-bond acceptors (Lipinski definition) is 3. The summed E-state index contributed by atoms with van der Waals surface area (Å²) in [4.78, 5) is 0. The molecule has 1 aromatic carbocycles. The molecule has 0 radical (unpaired) electrons. The van der Waals surface area contributed by atoms with E-state index < -0.39 is 0 Å². The van der Waals surface area contributed by atoms with Crippen molar-refractivity contribution in [2.45, 2.75) is 24.9 Å². The van der Waals surface area contributed by atoms with Gasteiger partial charge < -0.3 is 14.6 Å². The number of benzene rings is 1. The molecular weight excluding hydrogens is 216 g/mol. The van der Waals surface area contributed by atoms with Crippen molar-refractivity contribution in [1.29, 1.82) is 0 Å². The molecule has 3 unspecified atom stereocenters. The van der Waals surface area contributed by atoms with Gasteiger partial charge in [-0.1, -0.05) is 18.2 Å². The summed E-state index contributed by atoms with van der Waals surface area (Å²) in [6.45, 7) is 2.11. The number of aliphatic hydroxyl groups excluding tert-OH is 1. The highest BCUT2D eigenvalue weighted by atomic mass is 16.5. The quantitative estimate of drug-likeness (QED) is 0.850. The summed E-state index contributed by atoms with van der Waals surface area (Å²) in [6.07, 6.45) is 1.51. The van der Waals surface area contributed by atoms with Crippen molar-refractivity contribution in [3.8, 4) is 5.75 Å². The Hall–Kier alpha value is -1.06. The Morgan fingerprint density at radius 3 is 3.00 bits per heavy atom. The zero-order chi connectivity index (χ0) is 11.7. The van der Waals surface area contributed by atoms with Gasteiger partial charge in [0.15, 0.2) is 0 Å². The number of fused-ring (bicyclic) bond motifs is 1. The summed E-state index contributed by atoms with van der Waals surface area (Å²) in [5, 5.41) is 9.96. The molecule has 1 aromatic rings. The molecule has 92 valence electrons. The van der Waals surface area contributed by atoms with Crippen LogP contribution in [0.5, 0.6) is 5.75 Å². The number of para-hydroxylation sites is 1. The van der Waals surface area contributed by atoms with E-state index in [-0.39, 0.29) is 12.0 Å². The van der Waals surface area contributed by atoms with E-state index in [0.717, 1.165) is 25.2 Å². The zero-order valence-corrected chi connectivity index (χ0v) is 9.84. The van der Waals surface area contributed by atoms with E-state index in [1.165, 1.54) is 5.56 Å². The zero-order valence-electron chi connectivity index (χ0n) is 9.84. The highest BCUT2D eigenvalue weighted by Crippen LogP contribution is 2.38. The van der Waals surface area contributed by atoms with Gasteiger partial charge in [-0.05, 0) is 18.9 Å². The molecule has 2 heterocycles. The van der Waals surface area contributed by atoms with E-state index in [0.29, 0.717) is 19.1 Å². The first-order chi connectivity index (χ1) is 8.34. The third-order valence-electron chi connectivity index (χ3n) is 3.82. The summed E-state index contributed by atoms with van der Waals surface area (Å²) in [5.74, 6) is 1.67. The van der Waals surface area contributed by atoms with Gasteiger partial charge in [0.05, 0.1) is 19.3 Å². The first-order valence-electron chi connectivity index (χ1n) is 6.32. The average Bonchev–Trinajstić information content (AvgIpc) is 2.76. The van der Waals surface area contributed by atoms with Crippen molar-refractivity contribution in [3.05, 3.63) is 29.8 Å². The van der Waals surface area contributed by atoms with Crippen LogP contribution in [0, 0.1) is 5.92 Å². The van der Waals surface area contributed by atoms with Gasteiger partial charge in [-0.25, -0.2) is 0 Å². The number of hydrogen-bond donors (Lipinski definition) is 1. The molecule has 3 heteroatoms. The van der Waals surface area contributed by atoms with Crippen LogP contribution >= 0.6 is 0 Å². The molecule has 3 atom stereocenters. The first kappa shape index (κ1) is 11.1. The van der Waals surface area contributed by atoms with Gasteiger partial charge in [0.2, 0.25) is 0 Å². The monoisotopic (exact) mass is 234 g/mol. The van der Waals surface area contributed by atoms with Gasteiger partial charge in [-0.15, -0.1) is 0 Å². The molecule has 0 bridgehead atoms. The van der Waals surface area contributed by atoms with Crippen LogP contribution in [0.2, 0.25) is 0 Å². The SMILES string of the molecule is OC1CCOCC1CC1COc2ccccc21. The second kappa shape index (κ2) is 4.67. The van der Waals surface area contributed by atoms with E-state index in [4.69, 9.17) is 9.47 Å². The maximum absolute atomic E-state index is 9.96. The highest BCUT2D eigenvalue weighted by molar-refractivity contribution is 5.39. The van der Waals surface area contributed by atoms with E-state index in [1.807, 2.05) is 18.2 Å². The van der Waals surface area contributed by atoms with E-state index >= 15 is 0 Å². The lowest BCUT2D eigenvalue weighted by molar-refractivity contribution is -0.0409. The summed E-state index contributed by atoms with van der Waals surface area (Å²) in [6, 6.07) is 8.19. The third kappa shape index (κ3) is 2.17. The standard InChI is InChI=1S/C14H18O3/c15-13-5-6-16-8-11(13)7-10-9-17-14-4-2-1-3-12(10)14/h1-4,10-11,13,15H,5-9H2. The van der Waals surface area contributed by atoms with Gasteiger partial charge in [0.1, 0.15) is 5.75 Å². The lowest BCUT2D eigenvalue weighted by Crippen LogP contribution is -2.33. The molecule has 0 aliphatic carbocycles. The normalized spacial score (nSPS) is 31.9. The first-order valence-corrected chi connectivity index (χ1v) is 6.32. The molecule has 0 aromatic heterocycles. The summed E-state index contributed by atoms with van der Waals surface area (Å²) in [5.41, 5.74) is 1.28. The fraction of sp³-hybridized carbons (Fsp3) is 0.571. The smallest absolute Gasteiger partial charge is 0.122 e. The highest BCUT2D eigenvalue weighted by Gasteiger charge is 2.31. The topological polar surface area (TPSA) is 38.7 Å². The van der Waals surface area contributed by atoms with Crippen LogP contribution in [0.15, 0.2) is 24.3 Å². The summed E-state index contributed by atoms with van der Waals surface area (Å²) in [7, 11) is 0. The molecular formula is C14H18O3. The second-order valence-corrected chi connectivity index (χ2v) is 4.97. The molecule has 3 nitrogen and oxygen atoms in total.